The molecule has 0 aromatic heterocycles. The van der Waals surface area contributed by atoms with Crippen molar-refractivity contribution in [3.8, 4) is 0 Å². The molecule has 1 aromatic carbocycles. The molecule has 0 saturated carbocycles. The molecule has 25 heavy (non-hydrogen) atoms. The summed E-state index contributed by atoms with van der Waals surface area (Å²) in [6.07, 6.45) is 0. The van der Waals surface area contributed by atoms with E-state index in [0.717, 1.165) is 12.1 Å². The van der Waals surface area contributed by atoms with Gasteiger partial charge < -0.3 is 5.11 Å². The third-order valence-electron chi connectivity index (χ3n) is 3.34. The molecule has 1 aromatic rings. The van der Waals surface area contributed by atoms with E-state index in [4.69, 9.17) is 5.11 Å². The number of hydrogen-bond donors (Lipinski definition) is 3. The molecule has 0 aliphatic rings. The zero-order valence-corrected chi connectivity index (χ0v) is 15.8. The van der Waals surface area contributed by atoms with Gasteiger partial charge in [0, 0.05) is 0 Å². The zero-order chi connectivity index (χ0) is 19.6. The van der Waals surface area contributed by atoms with Gasteiger partial charge in [0.2, 0.25) is 20.0 Å². The Balaban J connectivity index is 3.16. The van der Waals surface area contributed by atoms with Crippen molar-refractivity contribution < 1.29 is 31.1 Å². The van der Waals surface area contributed by atoms with Crippen LogP contribution in [0.2, 0.25) is 0 Å². The first-order valence-electron chi connectivity index (χ1n) is 7.34. The van der Waals surface area contributed by atoms with E-state index in [1.807, 2.05) is 9.44 Å². The van der Waals surface area contributed by atoms with Crippen LogP contribution < -0.4 is 9.44 Å². The molecule has 1 rings (SSSR count). The Morgan fingerprint density at radius 1 is 1.12 bits per heavy atom. The number of halogens is 1. The summed E-state index contributed by atoms with van der Waals surface area (Å²) in [5, 5.41) is 8.25. The summed E-state index contributed by atoms with van der Waals surface area (Å²) in [5.41, 5.74) is -0.397. The van der Waals surface area contributed by atoms with E-state index in [-0.39, 0.29) is 0 Å². The Morgan fingerprint density at radius 2 is 1.68 bits per heavy atom. The van der Waals surface area contributed by atoms with Crippen molar-refractivity contribution in [3.05, 3.63) is 24.0 Å². The van der Waals surface area contributed by atoms with E-state index in [2.05, 4.69) is 0 Å². The average Bonchev–Trinajstić information content (AvgIpc) is 2.45. The number of benzene rings is 1. The second-order valence-electron chi connectivity index (χ2n) is 6.02. The van der Waals surface area contributed by atoms with Gasteiger partial charge in [0.15, 0.2) is 0 Å². The molecule has 0 aliphatic heterocycles. The summed E-state index contributed by atoms with van der Waals surface area (Å²) in [6.45, 7) is 5.85. The van der Waals surface area contributed by atoms with Gasteiger partial charge in [-0.1, -0.05) is 13.8 Å². The van der Waals surface area contributed by atoms with E-state index in [1.54, 1.807) is 0 Å². The lowest BCUT2D eigenvalue weighted by Gasteiger charge is -2.18. The molecule has 3 N–H and O–H groups in total. The molecule has 11 heteroatoms. The number of nitrogens with one attached hydrogen (secondary N) is 2. The minimum absolute atomic E-state index is 0.397. The van der Waals surface area contributed by atoms with Gasteiger partial charge in [0.05, 0.1) is 15.8 Å². The summed E-state index contributed by atoms with van der Waals surface area (Å²) >= 11 is 0. The SMILES string of the molecule is CC(C)[C@H](NS(=O)(=O)c1ccc(NS(=O)(=O)C(C)C)c(F)c1)C(=O)O. The Labute approximate surface area is 146 Å². The van der Waals surface area contributed by atoms with Gasteiger partial charge in [-0.25, -0.2) is 21.2 Å². The Morgan fingerprint density at radius 3 is 2.08 bits per heavy atom. The van der Waals surface area contributed by atoms with Gasteiger partial charge in [-0.15, -0.1) is 0 Å². The van der Waals surface area contributed by atoms with Crippen LogP contribution in [0.15, 0.2) is 23.1 Å². The van der Waals surface area contributed by atoms with Gasteiger partial charge in [-0.3, -0.25) is 9.52 Å². The highest BCUT2D eigenvalue weighted by Gasteiger charge is 2.28. The lowest BCUT2D eigenvalue weighted by atomic mass is 10.1. The first-order valence-corrected chi connectivity index (χ1v) is 10.4. The topological polar surface area (TPSA) is 130 Å². The van der Waals surface area contributed by atoms with Crippen molar-refractivity contribution >= 4 is 31.7 Å². The fourth-order valence-corrected chi connectivity index (χ4v) is 3.78. The van der Waals surface area contributed by atoms with Crippen LogP contribution in [-0.4, -0.2) is 39.2 Å². The summed E-state index contributed by atoms with van der Waals surface area (Å²) in [5.74, 6) is -2.99. The predicted octanol–water partition coefficient (Wildman–Crippen LogP) is 1.36. The zero-order valence-electron chi connectivity index (χ0n) is 14.1. The molecule has 0 heterocycles. The predicted molar refractivity (Wildman–Crippen MR) is 90.7 cm³/mol. The maximum absolute atomic E-state index is 14.1. The van der Waals surface area contributed by atoms with Crippen LogP contribution in [0.4, 0.5) is 10.1 Å². The lowest BCUT2D eigenvalue weighted by Crippen LogP contribution is -2.44. The smallest absolute Gasteiger partial charge is 0.322 e. The first-order chi connectivity index (χ1) is 11.3. The largest absolute Gasteiger partial charge is 0.480 e. The fraction of sp³-hybridized carbons (Fsp3) is 0.500. The Bertz CT molecular complexity index is 850. The van der Waals surface area contributed by atoms with Crippen molar-refractivity contribution in [1.29, 1.82) is 0 Å². The molecule has 0 amide bonds. The molecule has 0 spiro atoms. The second kappa shape index (κ2) is 7.67. The Hall–Kier alpha value is -1.72. The number of rotatable bonds is 8. The molecule has 1 atom stereocenters. The Kier molecular flexibility index (Phi) is 6.54. The van der Waals surface area contributed by atoms with Gasteiger partial charge in [0.1, 0.15) is 11.9 Å². The first kappa shape index (κ1) is 21.3. The van der Waals surface area contributed by atoms with Crippen molar-refractivity contribution in [2.24, 2.45) is 5.92 Å². The molecule has 8 nitrogen and oxygen atoms in total. The molecular weight excluding hydrogens is 375 g/mol. The van der Waals surface area contributed by atoms with Crippen LogP contribution in [0, 0.1) is 11.7 Å². The maximum Gasteiger partial charge on any atom is 0.322 e. The van der Waals surface area contributed by atoms with E-state index < -0.39 is 59.6 Å². The third kappa shape index (κ3) is 5.38. The summed E-state index contributed by atoms with van der Waals surface area (Å²) in [4.78, 5) is 10.6. The van der Waals surface area contributed by atoms with E-state index in [1.165, 1.54) is 27.7 Å². The normalized spacial score (nSPS) is 13.9. The molecule has 0 fully saturated rings. The molecule has 0 aliphatic carbocycles. The monoisotopic (exact) mass is 396 g/mol. The van der Waals surface area contributed by atoms with Crippen molar-refractivity contribution in [2.45, 2.75) is 43.9 Å². The van der Waals surface area contributed by atoms with Gasteiger partial charge >= 0.3 is 5.97 Å². The van der Waals surface area contributed by atoms with Crippen LogP contribution in [0.3, 0.4) is 0 Å². The van der Waals surface area contributed by atoms with Gasteiger partial charge in [-0.05, 0) is 38.0 Å². The van der Waals surface area contributed by atoms with Gasteiger partial charge in [-0.2, -0.15) is 4.72 Å². The summed E-state index contributed by atoms with van der Waals surface area (Å²) < 4.78 is 66.1. The standard InChI is InChI=1S/C14H21FN2O6S2/c1-8(2)13(14(18)19)17-25(22,23)10-5-6-12(11(15)7-10)16-24(20,21)9(3)4/h5-9,13,16-17H,1-4H3,(H,18,19)/t13-/m0/s1. The number of hydrogen-bond acceptors (Lipinski definition) is 5. The summed E-state index contributed by atoms with van der Waals surface area (Å²) in [7, 11) is -8.09. The number of sulfonamides is 2. The van der Waals surface area contributed by atoms with Crippen LogP contribution >= 0.6 is 0 Å². The quantitative estimate of drug-likeness (QED) is 0.608. The van der Waals surface area contributed by atoms with E-state index in [0.29, 0.717) is 6.07 Å². The number of carboxylic acid groups (broad SMARTS) is 1. The summed E-state index contributed by atoms with van der Waals surface area (Å²) in [6, 6.07) is 1.20. The number of anilines is 1. The van der Waals surface area contributed by atoms with E-state index >= 15 is 0 Å². The van der Waals surface area contributed by atoms with Crippen LogP contribution in [0.5, 0.6) is 0 Å². The molecular formula is C14H21FN2O6S2. The fourth-order valence-electron chi connectivity index (χ4n) is 1.72. The highest BCUT2D eigenvalue weighted by molar-refractivity contribution is 7.93. The van der Waals surface area contributed by atoms with Crippen molar-refractivity contribution in [2.75, 3.05) is 4.72 Å². The molecule has 0 unspecified atom stereocenters. The highest BCUT2D eigenvalue weighted by Crippen LogP contribution is 2.21. The minimum atomic E-state index is -4.30. The molecule has 142 valence electrons. The molecule has 0 saturated heterocycles. The molecule has 0 bridgehead atoms. The van der Waals surface area contributed by atoms with Gasteiger partial charge in [0.25, 0.3) is 0 Å². The average molecular weight is 396 g/mol. The highest BCUT2D eigenvalue weighted by atomic mass is 32.2. The third-order valence-corrected chi connectivity index (χ3v) is 6.52. The number of carbonyl (C=O) groups is 1. The van der Waals surface area contributed by atoms with E-state index in [9.17, 15) is 26.0 Å². The van der Waals surface area contributed by atoms with Crippen molar-refractivity contribution in [1.82, 2.24) is 4.72 Å². The number of carboxylic acids is 1. The van der Waals surface area contributed by atoms with Crippen LogP contribution in [0.25, 0.3) is 0 Å². The lowest BCUT2D eigenvalue weighted by molar-refractivity contribution is -0.140. The maximum atomic E-state index is 14.1. The minimum Gasteiger partial charge on any atom is -0.480 e. The van der Waals surface area contributed by atoms with Crippen LogP contribution in [0.1, 0.15) is 27.7 Å². The molecule has 0 radical (unpaired) electrons. The number of aliphatic carboxylic acids is 1. The second-order valence-corrected chi connectivity index (χ2v) is 9.97. The van der Waals surface area contributed by atoms with Crippen LogP contribution in [-0.2, 0) is 24.8 Å². The van der Waals surface area contributed by atoms with Crippen molar-refractivity contribution in [3.63, 3.8) is 0 Å².